The molecule has 0 aliphatic carbocycles. The smallest absolute Gasteiger partial charge is 0.150 e. The highest BCUT2D eigenvalue weighted by Crippen LogP contribution is 2.20. The molecule has 74 valence electrons. The highest BCUT2D eigenvalue weighted by molar-refractivity contribution is 5.85. The number of rotatable bonds is 0. The molecule has 0 fully saturated rings. The molecule has 2 aromatic heterocycles. The van der Waals surface area contributed by atoms with Gasteiger partial charge in [0, 0.05) is 5.69 Å². The molecule has 0 radical (unpaired) electrons. The van der Waals surface area contributed by atoms with Gasteiger partial charge in [-0.1, -0.05) is 0 Å². The van der Waals surface area contributed by atoms with Crippen molar-refractivity contribution < 1.29 is 0 Å². The van der Waals surface area contributed by atoms with Crippen LogP contribution in [0.4, 0.5) is 11.5 Å². The monoisotopic (exact) mass is 199 g/mol. The lowest BCUT2D eigenvalue weighted by molar-refractivity contribution is 1.19. The fourth-order valence-electron chi connectivity index (χ4n) is 1.69. The maximum atomic E-state index is 5.80. The maximum absolute atomic E-state index is 5.80. The van der Waals surface area contributed by atoms with Crippen molar-refractivity contribution in [2.75, 3.05) is 11.5 Å². The van der Waals surface area contributed by atoms with Crippen molar-refractivity contribution in [3.05, 3.63) is 30.7 Å². The fourth-order valence-corrected chi connectivity index (χ4v) is 1.69. The second kappa shape index (κ2) is 2.60. The molecule has 0 bridgehead atoms. The van der Waals surface area contributed by atoms with Gasteiger partial charge in [-0.3, -0.25) is 4.40 Å². The summed E-state index contributed by atoms with van der Waals surface area (Å²) < 4.78 is 1.88. The van der Waals surface area contributed by atoms with Crippen molar-refractivity contribution in [1.82, 2.24) is 14.4 Å². The number of fused-ring (bicyclic) bond motifs is 3. The largest absolute Gasteiger partial charge is 0.399 e. The Labute approximate surface area is 85.4 Å². The van der Waals surface area contributed by atoms with Crippen LogP contribution in [0.25, 0.3) is 16.6 Å². The van der Waals surface area contributed by atoms with Crippen molar-refractivity contribution in [3.63, 3.8) is 0 Å². The third kappa shape index (κ3) is 1.03. The van der Waals surface area contributed by atoms with E-state index in [-0.39, 0.29) is 0 Å². The average molecular weight is 199 g/mol. The number of benzene rings is 1. The SMILES string of the molecule is Nc1ccc2nc(N)c3cncn3c2c1. The Hall–Kier alpha value is -2.30. The summed E-state index contributed by atoms with van der Waals surface area (Å²) in [5, 5.41) is 0. The Morgan fingerprint density at radius 3 is 2.87 bits per heavy atom. The van der Waals surface area contributed by atoms with E-state index in [1.165, 1.54) is 0 Å². The van der Waals surface area contributed by atoms with Crippen molar-refractivity contribution in [1.29, 1.82) is 0 Å². The van der Waals surface area contributed by atoms with Crippen LogP contribution >= 0.6 is 0 Å². The summed E-state index contributed by atoms with van der Waals surface area (Å²) in [6.07, 6.45) is 3.39. The van der Waals surface area contributed by atoms with Gasteiger partial charge in [-0.05, 0) is 18.2 Å². The molecule has 0 saturated carbocycles. The summed E-state index contributed by atoms with van der Waals surface area (Å²) in [7, 11) is 0. The van der Waals surface area contributed by atoms with Gasteiger partial charge >= 0.3 is 0 Å². The van der Waals surface area contributed by atoms with E-state index in [2.05, 4.69) is 9.97 Å². The molecule has 0 spiro atoms. The summed E-state index contributed by atoms with van der Waals surface area (Å²) in [5.74, 6) is 0.477. The number of anilines is 2. The van der Waals surface area contributed by atoms with Gasteiger partial charge in [0.15, 0.2) is 0 Å². The van der Waals surface area contributed by atoms with Crippen molar-refractivity contribution >= 4 is 28.1 Å². The first-order chi connectivity index (χ1) is 7.25. The number of imidazole rings is 1. The molecule has 0 atom stereocenters. The molecule has 3 aromatic rings. The molecule has 4 N–H and O–H groups in total. The summed E-state index contributed by atoms with van der Waals surface area (Å²) >= 11 is 0. The zero-order valence-corrected chi connectivity index (χ0v) is 7.88. The van der Waals surface area contributed by atoms with Gasteiger partial charge in [-0.25, -0.2) is 9.97 Å². The fraction of sp³-hybridized carbons (Fsp3) is 0. The van der Waals surface area contributed by atoms with Crippen molar-refractivity contribution in [3.8, 4) is 0 Å². The number of hydrogen-bond acceptors (Lipinski definition) is 4. The third-order valence-corrected chi connectivity index (χ3v) is 2.40. The molecule has 0 unspecified atom stereocenters. The molecule has 0 saturated heterocycles. The van der Waals surface area contributed by atoms with E-state index < -0.39 is 0 Å². The van der Waals surface area contributed by atoms with Crippen molar-refractivity contribution in [2.24, 2.45) is 0 Å². The van der Waals surface area contributed by atoms with Crippen LogP contribution in [0, 0.1) is 0 Å². The van der Waals surface area contributed by atoms with E-state index in [0.29, 0.717) is 11.5 Å². The second-order valence-corrected chi connectivity index (χ2v) is 3.39. The van der Waals surface area contributed by atoms with Gasteiger partial charge in [-0.2, -0.15) is 0 Å². The summed E-state index contributed by atoms with van der Waals surface area (Å²) in [6.45, 7) is 0. The van der Waals surface area contributed by atoms with E-state index in [1.54, 1.807) is 18.6 Å². The first-order valence-electron chi connectivity index (χ1n) is 4.52. The molecular formula is C10H9N5. The van der Waals surface area contributed by atoms with E-state index in [4.69, 9.17) is 11.5 Å². The Kier molecular flexibility index (Phi) is 1.39. The van der Waals surface area contributed by atoms with Crippen LogP contribution in [0.3, 0.4) is 0 Å². The molecule has 0 aliphatic rings. The van der Waals surface area contributed by atoms with E-state index in [1.807, 2.05) is 16.5 Å². The van der Waals surface area contributed by atoms with Gasteiger partial charge in [0.2, 0.25) is 0 Å². The standard InChI is InChI=1S/C10H9N5/c11-6-1-2-7-8(3-6)15-5-13-4-9(15)10(12)14-7/h1-5H,11H2,(H2,12,14). The Balaban J connectivity index is 2.61. The lowest BCUT2D eigenvalue weighted by Crippen LogP contribution is -1.98. The van der Waals surface area contributed by atoms with Crippen LogP contribution in [0.15, 0.2) is 30.7 Å². The second-order valence-electron chi connectivity index (χ2n) is 3.39. The predicted octanol–water partition coefficient (Wildman–Crippen LogP) is 1.05. The van der Waals surface area contributed by atoms with Gasteiger partial charge in [-0.15, -0.1) is 0 Å². The Morgan fingerprint density at radius 2 is 2.00 bits per heavy atom. The van der Waals surface area contributed by atoms with Crippen LogP contribution in [0.2, 0.25) is 0 Å². The van der Waals surface area contributed by atoms with E-state index >= 15 is 0 Å². The average Bonchev–Trinajstić information content (AvgIpc) is 2.69. The van der Waals surface area contributed by atoms with Crippen LogP contribution < -0.4 is 11.5 Å². The van der Waals surface area contributed by atoms with Crippen LogP contribution in [-0.4, -0.2) is 14.4 Å². The van der Waals surface area contributed by atoms with E-state index in [9.17, 15) is 0 Å². The molecule has 2 heterocycles. The minimum atomic E-state index is 0.477. The third-order valence-electron chi connectivity index (χ3n) is 2.40. The zero-order valence-electron chi connectivity index (χ0n) is 7.88. The quantitative estimate of drug-likeness (QED) is 0.530. The predicted molar refractivity (Wildman–Crippen MR) is 59.3 cm³/mol. The highest BCUT2D eigenvalue weighted by Gasteiger charge is 2.05. The van der Waals surface area contributed by atoms with Crippen LogP contribution in [0.1, 0.15) is 0 Å². The number of nitrogen functional groups attached to an aromatic ring is 2. The molecule has 15 heavy (non-hydrogen) atoms. The minimum absolute atomic E-state index is 0.477. The number of aromatic nitrogens is 3. The lowest BCUT2D eigenvalue weighted by atomic mass is 10.2. The number of nitrogens with zero attached hydrogens (tertiary/aromatic N) is 3. The van der Waals surface area contributed by atoms with E-state index in [0.717, 1.165) is 16.6 Å². The van der Waals surface area contributed by atoms with Crippen LogP contribution in [-0.2, 0) is 0 Å². The molecule has 5 nitrogen and oxygen atoms in total. The normalized spacial score (nSPS) is 11.2. The molecule has 5 heteroatoms. The van der Waals surface area contributed by atoms with Gasteiger partial charge < -0.3 is 11.5 Å². The maximum Gasteiger partial charge on any atom is 0.150 e. The number of nitrogens with two attached hydrogens (primary N) is 2. The lowest BCUT2D eigenvalue weighted by Gasteiger charge is -2.04. The van der Waals surface area contributed by atoms with Gasteiger partial charge in [0.25, 0.3) is 0 Å². The molecule has 0 amide bonds. The topological polar surface area (TPSA) is 82.2 Å². The Morgan fingerprint density at radius 1 is 1.13 bits per heavy atom. The van der Waals surface area contributed by atoms with Crippen LogP contribution in [0.5, 0.6) is 0 Å². The van der Waals surface area contributed by atoms with Gasteiger partial charge in [0.05, 0.1) is 23.6 Å². The Bertz CT molecular complexity index is 655. The number of hydrogen-bond donors (Lipinski definition) is 2. The van der Waals surface area contributed by atoms with Crippen molar-refractivity contribution in [2.45, 2.75) is 0 Å². The molecule has 3 rings (SSSR count). The first kappa shape index (κ1) is 8.05. The minimum Gasteiger partial charge on any atom is -0.399 e. The molecular weight excluding hydrogens is 190 g/mol. The summed E-state index contributed by atoms with van der Waals surface area (Å²) in [6, 6.07) is 5.51. The van der Waals surface area contributed by atoms with Gasteiger partial charge in [0.1, 0.15) is 11.3 Å². The summed E-state index contributed by atoms with van der Waals surface area (Å²) in [5.41, 5.74) is 14.8. The molecule has 1 aromatic carbocycles. The first-order valence-corrected chi connectivity index (χ1v) is 4.52. The zero-order chi connectivity index (χ0) is 10.4. The summed E-state index contributed by atoms with van der Waals surface area (Å²) in [4.78, 5) is 8.32. The highest BCUT2D eigenvalue weighted by atomic mass is 15.0. The molecule has 0 aliphatic heterocycles.